The van der Waals surface area contributed by atoms with E-state index in [2.05, 4.69) is 37.8 Å². The summed E-state index contributed by atoms with van der Waals surface area (Å²) in [5, 5.41) is 5.77. The average Bonchev–Trinajstić information content (AvgIpc) is 2.85. The van der Waals surface area contributed by atoms with E-state index in [1.807, 2.05) is 11.3 Å². The molecular weight excluding hydrogens is 284 g/mol. The number of thiazole rings is 1. The van der Waals surface area contributed by atoms with Crippen LogP contribution < -0.4 is 5.32 Å². The van der Waals surface area contributed by atoms with E-state index in [1.54, 1.807) is 0 Å². The van der Waals surface area contributed by atoms with Gasteiger partial charge in [-0.3, -0.25) is 0 Å². The summed E-state index contributed by atoms with van der Waals surface area (Å²) in [6.07, 6.45) is 8.31. The molecule has 4 heteroatoms. The van der Waals surface area contributed by atoms with Crippen LogP contribution in [0.5, 0.6) is 0 Å². The number of nitrogens with one attached hydrogen (secondary N) is 1. The molecule has 1 heterocycles. The van der Waals surface area contributed by atoms with Gasteiger partial charge in [0.05, 0.1) is 5.69 Å². The molecule has 2 nitrogen and oxygen atoms in total. The van der Waals surface area contributed by atoms with E-state index in [-0.39, 0.29) is 0 Å². The van der Waals surface area contributed by atoms with Crippen molar-refractivity contribution in [2.45, 2.75) is 76.3 Å². The fraction of sp³-hybridized carbons (Fsp3) is 0.812. The number of hydrogen-bond acceptors (Lipinski definition) is 4. The summed E-state index contributed by atoms with van der Waals surface area (Å²) >= 11 is 4.04. The van der Waals surface area contributed by atoms with E-state index in [0.29, 0.717) is 6.04 Å². The molecule has 1 atom stereocenters. The largest absolute Gasteiger partial charge is 0.309 e. The van der Waals surface area contributed by atoms with Crippen LogP contribution in [0, 0.1) is 6.92 Å². The average molecular weight is 313 g/mol. The third-order valence-electron chi connectivity index (χ3n) is 3.97. The highest BCUT2D eigenvalue weighted by molar-refractivity contribution is 7.99. The normalized spacial score (nSPS) is 18.4. The van der Waals surface area contributed by atoms with E-state index in [1.165, 1.54) is 54.1 Å². The molecule has 1 aliphatic carbocycles. The maximum Gasteiger partial charge on any atom is 0.103 e. The second-order valence-corrected chi connectivity index (χ2v) is 8.21. The molecule has 0 saturated heterocycles. The topological polar surface area (TPSA) is 24.9 Å². The van der Waals surface area contributed by atoms with Crippen molar-refractivity contribution in [3.63, 3.8) is 0 Å². The minimum atomic E-state index is 0.445. The predicted octanol–water partition coefficient (Wildman–Crippen LogP) is 5.08. The smallest absolute Gasteiger partial charge is 0.103 e. The van der Waals surface area contributed by atoms with Crippen LogP contribution in [-0.2, 0) is 5.75 Å². The number of rotatable bonds is 7. The molecule has 1 aliphatic rings. The van der Waals surface area contributed by atoms with Gasteiger partial charge in [0.15, 0.2) is 0 Å². The van der Waals surface area contributed by atoms with Gasteiger partial charge < -0.3 is 5.32 Å². The number of hydrogen-bond donors (Lipinski definition) is 1. The van der Waals surface area contributed by atoms with Gasteiger partial charge in [0.2, 0.25) is 0 Å². The lowest BCUT2D eigenvalue weighted by Gasteiger charge is -2.20. The Bertz CT molecular complexity index is 397. The first kappa shape index (κ1) is 16.3. The SMILES string of the molecule is CCCNC(C)c1sc(CSC2CCCCC2)nc1C. The Hall–Kier alpha value is -0.0600. The molecule has 0 bridgehead atoms. The zero-order chi connectivity index (χ0) is 14.4. The Labute approximate surface area is 132 Å². The van der Waals surface area contributed by atoms with Crippen LogP contribution in [0.1, 0.15) is 74.0 Å². The molecule has 2 rings (SSSR count). The summed E-state index contributed by atoms with van der Waals surface area (Å²) in [5.74, 6) is 1.11. The lowest BCUT2D eigenvalue weighted by Crippen LogP contribution is -2.18. The van der Waals surface area contributed by atoms with E-state index < -0.39 is 0 Å². The molecule has 1 N–H and O–H groups in total. The van der Waals surface area contributed by atoms with Gasteiger partial charge in [0.25, 0.3) is 0 Å². The summed E-state index contributed by atoms with van der Waals surface area (Å²) in [5.41, 5.74) is 1.23. The molecular formula is C16H28N2S2. The molecule has 0 amide bonds. The first-order chi connectivity index (χ1) is 9.70. The maximum atomic E-state index is 4.78. The summed E-state index contributed by atoms with van der Waals surface area (Å²) < 4.78 is 0. The van der Waals surface area contributed by atoms with Crippen LogP contribution in [0.3, 0.4) is 0 Å². The minimum absolute atomic E-state index is 0.445. The molecule has 20 heavy (non-hydrogen) atoms. The number of aryl methyl sites for hydroxylation is 1. The second-order valence-electron chi connectivity index (χ2n) is 5.80. The van der Waals surface area contributed by atoms with Gasteiger partial charge in [-0.05, 0) is 39.7 Å². The molecule has 0 radical (unpaired) electrons. The molecule has 0 aliphatic heterocycles. The Kier molecular flexibility index (Phi) is 6.85. The van der Waals surface area contributed by atoms with Crippen LogP contribution in [0.2, 0.25) is 0 Å². The van der Waals surface area contributed by atoms with Crippen molar-refractivity contribution in [1.29, 1.82) is 0 Å². The van der Waals surface area contributed by atoms with Gasteiger partial charge in [-0.2, -0.15) is 11.8 Å². The minimum Gasteiger partial charge on any atom is -0.309 e. The predicted molar refractivity (Wildman–Crippen MR) is 91.7 cm³/mol. The van der Waals surface area contributed by atoms with Gasteiger partial charge in [0, 0.05) is 21.9 Å². The summed E-state index contributed by atoms with van der Waals surface area (Å²) in [6.45, 7) is 7.72. The second kappa shape index (κ2) is 8.40. The monoisotopic (exact) mass is 312 g/mol. The quantitative estimate of drug-likeness (QED) is 0.760. The highest BCUT2D eigenvalue weighted by Gasteiger charge is 2.17. The maximum absolute atomic E-state index is 4.78. The van der Waals surface area contributed by atoms with Crippen molar-refractivity contribution in [2.75, 3.05) is 6.54 Å². The Balaban J connectivity index is 1.86. The van der Waals surface area contributed by atoms with Crippen molar-refractivity contribution in [2.24, 2.45) is 0 Å². The van der Waals surface area contributed by atoms with Crippen LogP contribution >= 0.6 is 23.1 Å². The van der Waals surface area contributed by atoms with Crippen LogP contribution in [0.15, 0.2) is 0 Å². The molecule has 1 aromatic heterocycles. The third-order valence-corrected chi connectivity index (χ3v) is 6.87. The molecule has 0 aromatic carbocycles. The van der Waals surface area contributed by atoms with E-state index in [9.17, 15) is 0 Å². The summed E-state index contributed by atoms with van der Waals surface area (Å²) in [6, 6.07) is 0.445. The fourth-order valence-corrected chi connectivity index (χ4v) is 5.24. The van der Waals surface area contributed by atoms with E-state index >= 15 is 0 Å². The summed E-state index contributed by atoms with van der Waals surface area (Å²) in [4.78, 5) is 6.21. The van der Waals surface area contributed by atoms with Crippen molar-refractivity contribution >= 4 is 23.1 Å². The van der Waals surface area contributed by atoms with Crippen molar-refractivity contribution in [1.82, 2.24) is 10.3 Å². The molecule has 0 spiro atoms. The molecule has 114 valence electrons. The first-order valence-corrected chi connectivity index (χ1v) is 9.88. The van der Waals surface area contributed by atoms with Gasteiger partial charge >= 0.3 is 0 Å². The highest BCUT2D eigenvalue weighted by Crippen LogP contribution is 2.33. The lowest BCUT2D eigenvalue weighted by molar-refractivity contribution is 0.516. The molecule has 1 aromatic rings. The summed E-state index contributed by atoms with van der Waals surface area (Å²) in [7, 11) is 0. The Morgan fingerprint density at radius 3 is 2.80 bits per heavy atom. The van der Waals surface area contributed by atoms with Crippen LogP contribution in [-0.4, -0.2) is 16.8 Å². The van der Waals surface area contributed by atoms with Gasteiger partial charge in [0.1, 0.15) is 5.01 Å². The third kappa shape index (κ3) is 4.74. The molecule has 1 fully saturated rings. The van der Waals surface area contributed by atoms with Crippen molar-refractivity contribution < 1.29 is 0 Å². The van der Waals surface area contributed by atoms with Gasteiger partial charge in [-0.1, -0.05) is 26.2 Å². The Morgan fingerprint density at radius 2 is 2.10 bits per heavy atom. The zero-order valence-corrected chi connectivity index (χ0v) is 14.7. The first-order valence-electron chi connectivity index (χ1n) is 8.02. The van der Waals surface area contributed by atoms with Gasteiger partial charge in [-0.25, -0.2) is 4.98 Å². The number of nitrogens with zero attached hydrogens (tertiary/aromatic N) is 1. The highest BCUT2D eigenvalue weighted by atomic mass is 32.2. The Morgan fingerprint density at radius 1 is 1.35 bits per heavy atom. The van der Waals surface area contributed by atoms with Crippen molar-refractivity contribution in [3.8, 4) is 0 Å². The van der Waals surface area contributed by atoms with Crippen LogP contribution in [0.25, 0.3) is 0 Å². The molecule has 1 saturated carbocycles. The lowest BCUT2D eigenvalue weighted by atomic mass is 10.0. The van der Waals surface area contributed by atoms with Crippen molar-refractivity contribution in [3.05, 3.63) is 15.6 Å². The van der Waals surface area contributed by atoms with E-state index in [0.717, 1.165) is 17.5 Å². The van der Waals surface area contributed by atoms with E-state index in [4.69, 9.17) is 4.98 Å². The van der Waals surface area contributed by atoms with Crippen LogP contribution in [0.4, 0.5) is 0 Å². The van der Waals surface area contributed by atoms with Gasteiger partial charge in [-0.15, -0.1) is 11.3 Å². The zero-order valence-electron chi connectivity index (χ0n) is 13.1. The fourth-order valence-electron chi connectivity index (χ4n) is 2.80. The molecule has 1 unspecified atom stereocenters. The standard InChI is InChI=1S/C16H28N2S2/c1-4-10-17-12(2)16-13(3)18-15(20-16)11-19-14-8-6-5-7-9-14/h12,14,17H,4-11H2,1-3H3. The number of aromatic nitrogens is 1. The number of thioether (sulfide) groups is 1.